The second-order valence-corrected chi connectivity index (χ2v) is 21.3. The van der Waals surface area contributed by atoms with E-state index in [2.05, 4.69) is 33.5 Å². The molecule has 6 rings (SSSR count). The van der Waals surface area contributed by atoms with Gasteiger partial charge in [0.25, 0.3) is 20.0 Å². The first-order valence-electron chi connectivity index (χ1n) is 18.9. The third-order valence-electron chi connectivity index (χ3n) is 9.57. The molecule has 0 bridgehead atoms. The zero-order valence-corrected chi connectivity index (χ0v) is 36.8. The molecule has 12 nitrogen and oxygen atoms in total. The van der Waals surface area contributed by atoms with E-state index in [0.29, 0.717) is 71.9 Å². The van der Waals surface area contributed by atoms with Gasteiger partial charge in [-0.2, -0.15) is 8.61 Å². The fourth-order valence-electron chi connectivity index (χ4n) is 6.36. The van der Waals surface area contributed by atoms with E-state index < -0.39 is 43.5 Å². The molecule has 4 heterocycles. The smallest absolute Gasteiger partial charge is 0.252 e. The monoisotopic (exact) mass is 868 g/mol. The Morgan fingerprint density at radius 3 is 1.21 bits per heavy atom. The van der Waals surface area contributed by atoms with Crippen molar-refractivity contribution in [3.8, 4) is 23.7 Å². The van der Waals surface area contributed by atoms with Crippen LogP contribution >= 0.6 is 22.7 Å². The Morgan fingerprint density at radius 1 is 0.586 bits per heavy atom. The molecule has 2 aromatic carbocycles. The van der Waals surface area contributed by atoms with Gasteiger partial charge in [-0.1, -0.05) is 47.9 Å². The molecule has 0 unspecified atom stereocenters. The number of sulfonamides is 2. The number of benzene rings is 2. The van der Waals surface area contributed by atoms with E-state index in [9.17, 15) is 37.3 Å². The van der Waals surface area contributed by atoms with Crippen molar-refractivity contribution >= 4 is 54.1 Å². The molecule has 2 atom stereocenters. The van der Waals surface area contributed by atoms with Crippen molar-refractivity contribution in [3.63, 3.8) is 0 Å². The normalized spacial score (nSPS) is 16.9. The lowest BCUT2D eigenvalue weighted by Crippen LogP contribution is -2.48. The lowest BCUT2D eigenvalue weighted by molar-refractivity contribution is 0.0780. The van der Waals surface area contributed by atoms with Gasteiger partial charge in [0, 0.05) is 63.5 Å². The van der Waals surface area contributed by atoms with E-state index in [0.717, 1.165) is 22.5 Å². The summed E-state index contributed by atoms with van der Waals surface area (Å²) >= 11 is 2.45. The summed E-state index contributed by atoms with van der Waals surface area (Å²) in [7, 11) is -6.90. The molecule has 2 fully saturated rings. The first kappa shape index (κ1) is 45.3. The molecular formula is C42H52N4O8S4. The summed E-state index contributed by atoms with van der Waals surface area (Å²) in [5.74, 6) is 11.5. The molecular weight excluding hydrogens is 817 g/mol. The van der Waals surface area contributed by atoms with Crippen LogP contribution in [0.3, 0.4) is 0 Å². The highest BCUT2D eigenvalue weighted by Gasteiger charge is 2.32. The molecule has 16 heteroatoms. The molecule has 0 amide bonds. The highest BCUT2D eigenvalue weighted by atomic mass is 32.3. The van der Waals surface area contributed by atoms with Crippen molar-refractivity contribution in [1.29, 1.82) is 0 Å². The van der Waals surface area contributed by atoms with Crippen molar-refractivity contribution in [2.45, 2.75) is 73.4 Å². The fourth-order valence-corrected chi connectivity index (χ4v) is 11.5. The van der Waals surface area contributed by atoms with Crippen LogP contribution in [0.2, 0.25) is 0 Å². The van der Waals surface area contributed by atoms with E-state index in [1.165, 1.54) is 31.3 Å². The van der Waals surface area contributed by atoms with Gasteiger partial charge in [0.15, 0.2) is 0 Å². The molecule has 58 heavy (non-hydrogen) atoms. The number of aliphatic hydroxyl groups excluding tert-OH is 2. The Labute approximate surface area is 351 Å². The third-order valence-corrected chi connectivity index (χ3v) is 16.1. The Hall–Kier alpha value is -3.78. The van der Waals surface area contributed by atoms with Gasteiger partial charge in [-0.3, -0.25) is 0 Å². The number of thiophene rings is 2. The Morgan fingerprint density at radius 2 is 0.931 bits per heavy atom. The van der Waals surface area contributed by atoms with E-state index in [1.54, 1.807) is 76.6 Å². The minimum absolute atomic E-state index is 0.365. The zero-order valence-electron chi connectivity index (χ0n) is 33.6. The van der Waals surface area contributed by atoms with Crippen LogP contribution < -0.4 is 9.80 Å². The van der Waals surface area contributed by atoms with Gasteiger partial charge in [0.05, 0.1) is 22.6 Å². The Kier molecular flexibility index (Phi) is 14.6. The average molecular weight is 869 g/mol. The predicted molar refractivity (Wildman–Crippen MR) is 231 cm³/mol. The van der Waals surface area contributed by atoms with Gasteiger partial charge in [-0.05, 0) is 99.8 Å². The summed E-state index contributed by atoms with van der Waals surface area (Å²) in [6.07, 6.45) is -1.53. The van der Waals surface area contributed by atoms with Gasteiger partial charge in [0.1, 0.15) is 20.6 Å². The number of aliphatic hydroxyl groups is 4. The standard InChI is InChI=1S/2C21H26N2O4S2/c2*1-16(24)6-7-17-15-18(21(2,3)25)8-9-19(17)22-10-12-23(13-11-22)29(26,27)20-5-4-14-28-20/h2*4-5,8-9,14-16,24-25H,10-13H2,1-3H3/t2*16-/m10/s1. The number of hydrogen-bond acceptors (Lipinski definition) is 12. The van der Waals surface area contributed by atoms with Gasteiger partial charge in [-0.15, -0.1) is 22.7 Å². The summed E-state index contributed by atoms with van der Waals surface area (Å²) in [5.41, 5.74) is 2.62. The molecule has 0 spiro atoms. The SMILES string of the molecule is C[C@@H](O)C#Cc1cc(C(C)(C)O)ccc1N1CCN(S(=O)(=O)c2cccs2)CC1.C[C@H](O)C#Cc1cc(C(C)(C)O)ccc1N1CCN(S(=O)(=O)c2cccs2)CC1. The van der Waals surface area contributed by atoms with Gasteiger partial charge in [0.2, 0.25) is 0 Å². The lowest BCUT2D eigenvalue weighted by Gasteiger charge is -2.36. The molecule has 2 aromatic heterocycles. The van der Waals surface area contributed by atoms with Crippen LogP contribution in [-0.4, -0.2) is 110 Å². The fraction of sp³-hybridized carbons (Fsp3) is 0.429. The lowest BCUT2D eigenvalue weighted by atomic mass is 9.95. The molecule has 2 aliphatic heterocycles. The van der Waals surface area contributed by atoms with Gasteiger partial charge < -0.3 is 30.2 Å². The van der Waals surface area contributed by atoms with Crippen LogP contribution in [-0.2, 0) is 31.2 Å². The van der Waals surface area contributed by atoms with Crippen LogP contribution in [0.4, 0.5) is 11.4 Å². The van der Waals surface area contributed by atoms with Crippen molar-refractivity contribution in [3.05, 3.63) is 93.7 Å². The molecule has 4 aromatic rings. The molecule has 4 N–H and O–H groups in total. The maximum absolute atomic E-state index is 12.7. The van der Waals surface area contributed by atoms with Crippen molar-refractivity contribution in [2.75, 3.05) is 62.2 Å². The van der Waals surface area contributed by atoms with E-state index >= 15 is 0 Å². The quantitative estimate of drug-likeness (QED) is 0.187. The van der Waals surface area contributed by atoms with E-state index in [4.69, 9.17) is 0 Å². The molecule has 0 aliphatic carbocycles. The zero-order chi connectivity index (χ0) is 42.5. The first-order valence-corrected chi connectivity index (χ1v) is 23.5. The van der Waals surface area contributed by atoms with Gasteiger partial charge in [-0.25, -0.2) is 16.8 Å². The number of nitrogens with zero attached hydrogens (tertiary/aromatic N) is 4. The van der Waals surface area contributed by atoms with Crippen LogP contribution in [0.25, 0.3) is 0 Å². The molecule has 0 radical (unpaired) electrons. The predicted octanol–water partition coefficient (Wildman–Crippen LogP) is 4.44. The van der Waals surface area contributed by atoms with Crippen molar-refractivity contribution < 1.29 is 37.3 Å². The molecule has 0 saturated carbocycles. The topological polar surface area (TPSA) is 162 Å². The summed E-state index contributed by atoms with van der Waals surface area (Å²) in [4.78, 5) is 4.20. The maximum Gasteiger partial charge on any atom is 0.252 e. The number of anilines is 2. The highest BCUT2D eigenvalue weighted by molar-refractivity contribution is 7.91. The molecule has 2 saturated heterocycles. The Bertz CT molecular complexity index is 2180. The largest absolute Gasteiger partial charge is 0.386 e. The van der Waals surface area contributed by atoms with Crippen molar-refractivity contribution in [1.82, 2.24) is 8.61 Å². The van der Waals surface area contributed by atoms with Crippen LogP contribution in [0.5, 0.6) is 0 Å². The minimum Gasteiger partial charge on any atom is -0.386 e. The van der Waals surface area contributed by atoms with Crippen LogP contribution in [0.1, 0.15) is 63.8 Å². The number of rotatable bonds is 8. The molecule has 312 valence electrons. The number of hydrogen-bond donors (Lipinski definition) is 4. The van der Waals surface area contributed by atoms with Gasteiger partial charge >= 0.3 is 0 Å². The first-order chi connectivity index (χ1) is 27.2. The Balaban J connectivity index is 0.000000221. The minimum atomic E-state index is -3.45. The average Bonchev–Trinajstić information content (AvgIpc) is 3.93. The summed E-state index contributed by atoms with van der Waals surface area (Å²) in [5, 5.41) is 43.3. The van der Waals surface area contributed by atoms with Crippen LogP contribution in [0.15, 0.2) is 79.8 Å². The number of piperazine rings is 2. The maximum atomic E-state index is 12.7. The summed E-state index contributed by atoms with van der Waals surface area (Å²) < 4.78 is 54.7. The summed E-state index contributed by atoms with van der Waals surface area (Å²) in [6.45, 7) is 13.7. The van der Waals surface area contributed by atoms with E-state index in [-0.39, 0.29) is 0 Å². The highest BCUT2D eigenvalue weighted by Crippen LogP contribution is 2.31. The van der Waals surface area contributed by atoms with Crippen LogP contribution in [0, 0.1) is 23.7 Å². The van der Waals surface area contributed by atoms with Crippen molar-refractivity contribution in [2.24, 2.45) is 0 Å². The second-order valence-electron chi connectivity index (χ2n) is 15.1. The second kappa shape index (κ2) is 18.6. The van der Waals surface area contributed by atoms with E-state index in [1.807, 2.05) is 36.4 Å². The summed E-state index contributed by atoms with van der Waals surface area (Å²) in [6, 6.07) is 17.9. The molecule has 2 aliphatic rings. The third kappa shape index (κ3) is 11.3.